The molecule has 0 aromatic heterocycles. The Morgan fingerprint density at radius 3 is 2.58 bits per heavy atom. The van der Waals surface area contributed by atoms with E-state index >= 15 is 0 Å². The van der Waals surface area contributed by atoms with Gasteiger partial charge in [-0.15, -0.1) is 5.56 Å². The summed E-state index contributed by atoms with van der Waals surface area (Å²) < 4.78 is 0. The maximum absolute atomic E-state index is 8.70. The van der Waals surface area contributed by atoms with Crippen molar-refractivity contribution in [2.75, 3.05) is 0 Å². The normalized spacial score (nSPS) is 8.42. The molecule has 0 aliphatic rings. The van der Waals surface area contributed by atoms with E-state index in [-0.39, 0.29) is 32.7 Å². The number of nitrogens with zero attached hydrogens (tertiary/aromatic N) is 1. The topological polar surface area (TPSA) is 23.8 Å². The van der Waals surface area contributed by atoms with Crippen LogP contribution in [0.1, 0.15) is 23.6 Å². The Hall–Kier alpha value is -0.186. The number of nitriles is 1. The molecule has 0 saturated carbocycles. The molecule has 0 heterocycles. The van der Waals surface area contributed by atoms with Crippen molar-refractivity contribution in [3.63, 3.8) is 0 Å². The molecular weight excluding hydrogens is 223 g/mol. The molecule has 59 valence electrons. The smallest absolute Gasteiger partial charge is 0.0310 e. The van der Waals surface area contributed by atoms with Crippen molar-refractivity contribution in [3.8, 4) is 6.07 Å². The van der Waals surface area contributed by atoms with Gasteiger partial charge in [-0.1, -0.05) is 25.8 Å². The molecule has 0 aliphatic carbocycles. The summed E-state index contributed by atoms with van der Waals surface area (Å²) in [5.41, 5.74) is 3.06. The van der Waals surface area contributed by atoms with Crippen LogP contribution in [0.25, 0.3) is 0 Å². The van der Waals surface area contributed by atoms with E-state index in [1.54, 1.807) is 6.07 Å². The van der Waals surface area contributed by atoms with E-state index in [1.807, 2.05) is 13.0 Å². The third-order valence-corrected chi connectivity index (χ3v) is 1.80. The van der Waals surface area contributed by atoms with Crippen LogP contribution >= 0.6 is 0 Å². The summed E-state index contributed by atoms with van der Waals surface area (Å²) in [6.07, 6.45) is 0.920. The van der Waals surface area contributed by atoms with Crippen molar-refractivity contribution in [1.82, 2.24) is 0 Å². The predicted molar refractivity (Wildman–Crippen MR) is 44.1 cm³/mol. The van der Waals surface area contributed by atoms with Gasteiger partial charge in [-0.3, -0.25) is 0 Å². The van der Waals surface area contributed by atoms with Crippen LogP contribution in [0.15, 0.2) is 12.1 Å². The van der Waals surface area contributed by atoms with Gasteiger partial charge in [0.2, 0.25) is 0 Å². The SMILES string of the molecule is CCc1c(C)c[c-]cc1C#N.[Y]. The molecule has 1 aromatic carbocycles. The van der Waals surface area contributed by atoms with Crippen LogP contribution in [0.2, 0.25) is 0 Å². The fourth-order valence-corrected chi connectivity index (χ4v) is 1.21. The number of aryl methyl sites for hydroxylation is 1. The zero-order valence-electron chi connectivity index (χ0n) is 7.39. The maximum Gasteiger partial charge on any atom is 0.0310 e. The molecule has 2 heteroatoms. The molecule has 0 saturated heterocycles. The summed E-state index contributed by atoms with van der Waals surface area (Å²) in [7, 11) is 0. The van der Waals surface area contributed by atoms with Gasteiger partial charge in [-0.25, -0.2) is 5.26 Å². The van der Waals surface area contributed by atoms with E-state index in [9.17, 15) is 0 Å². The molecule has 1 aromatic rings. The first-order valence-corrected chi connectivity index (χ1v) is 3.69. The van der Waals surface area contributed by atoms with Crippen LogP contribution in [0.5, 0.6) is 0 Å². The molecule has 0 unspecified atom stereocenters. The Labute approximate surface area is 98.7 Å². The summed E-state index contributed by atoms with van der Waals surface area (Å²) in [5.74, 6) is 0. The van der Waals surface area contributed by atoms with Crippen molar-refractivity contribution < 1.29 is 32.7 Å². The van der Waals surface area contributed by atoms with E-state index in [4.69, 9.17) is 5.26 Å². The summed E-state index contributed by atoms with van der Waals surface area (Å²) >= 11 is 0. The van der Waals surface area contributed by atoms with Crippen molar-refractivity contribution in [1.29, 1.82) is 5.26 Å². The van der Waals surface area contributed by atoms with Gasteiger partial charge >= 0.3 is 0 Å². The first kappa shape index (κ1) is 11.8. The largest absolute Gasteiger partial charge is 0.208 e. The number of rotatable bonds is 1. The molecule has 0 fully saturated rings. The molecule has 0 bridgehead atoms. The average Bonchev–Trinajstić information content (AvgIpc) is 2.04. The number of benzene rings is 1. The van der Waals surface area contributed by atoms with Crippen molar-refractivity contribution in [3.05, 3.63) is 34.9 Å². The van der Waals surface area contributed by atoms with Gasteiger partial charge in [0.1, 0.15) is 0 Å². The van der Waals surface area contributed by atoms with E-state index in [0.29, 0.717) is 0 Å². The Kier molecular flexibility index (Phi) is 5.37. The van der Waals surface area contributed by atoms with Crippen LogP contribution in [-0.2, 0) is 39.1 Å². The van der Waals surface area contributed by atoms with Gasteiger partial charge in [-0.2, -0.15) is 23.8 Å². The van der Waals surface area contributed by atoms with Gasteiger partial charge in [0.25, 0.3) is 0 Å². The first-order valence-electron chi connectivity index (χ1n) is 3.69. The molecule has 1 rings (SSSR count). The van der Waals surface area contributed by atoms with Crippen molar-refractivity contribution >= 4 is 0 Å². The first-order chi connectivity index (χ1) is 5.29. The van der Waals surface area contributed by atoms with Crippen molar-refractivity contribution in [2.45, 2.75) is 20.3 Å². The minimum absolute atomic E-state index is 0. The Balaban J connectivity index is 0.00000121. The quantitative estimate of drug-likeness (QED) is 0.682. The monoisotopic (exact) mass is 233 g/mol. The van der Waals surface area contributed by atoms with Crippen LogP contribution in [-0.4, -0.2) is 0 Å². The summed E-state index contributed by atoms with van der Waals surface area (Å²) in [6, 6.07) is 8.75. The van der Waals surface area contributed by atoms with Gasteiger partial charge in [0, 0.05) is 38.8 Å². The second kappa shape index (κ2) is 5.46. The van der Waals surface area contributed by atoms with Crippen molar-refractivity contribution in [2.24, 2.45) is 0 Å². The summed E-state index contributed by atoms with van der Waals surface area (Å²) in [5, 5.41) is 8.70. The van der Waals surface area contributed by atoms with Gasteiger partial charge in [0.05, 0.1) is 0 Å². The van der Waals surface area contributed by atoms with Crippen LogP contribution in [0.4, 0.5) is 0 Å². The predicted octanol–water partition coefficient (Wildman–Crippen LogP) is 2.23. The second-order valence-corrected chi connectivity index (χ2v) is 2.50. The number of hydrogen-bond donors (Lipinski definition) is 0. The van der Waals surface area contributed by atoms with E-state index in [2.05, 4.69) is 19.1 Å². The molecule has 0 aliphatic heterocycles. The Bertz CT molecular complexity index is 299. The molecule has 1 nitrogen and oxygen atoms in total. The fraction of sp³-hybridized carbons (Fsp3) is 0.300. The van der Waals surface area contributed by atoms with Crippen LogP contribution < -0.4 is 0 Å². The van der Waals surface area contributed by atoms with E-state index in [1.165, 1.54) is 0 Å². The summed E-state index contributed by atoms with van der Waals surface area (Å²) in [6.45, 7) is 4.07. The zero-order chi connectivity index (χ0) is 8.27. The fourth-order valence-electron chi connectivity index (χ4n) is 1.21. The molecule has 0 amide bonds. The van der Waals surface area contributed by atoms with Gasteiger partial charge in [-0.05, 0) is 0 Å². The van der Waals surface area contributed by atoms with Gasteiger partial charge < -0.3 is 0 Å². The third kappa shape index (κ3) is 2.40. The molecular formula is C10H10NY-. The second-order valence-electron chi connectivity index (χ2n) is 2.50. The maximum atomic E-state index is 8.70. The number of hydrogen-bond acceptors (Lipinski definition) is 1. The molecule has 0 N–H and O–H groups in total. The van der Waals surface area contributed by atoms with Crippen LogP contribution in [0, 0.1) is 24.3 Å². The minimum atomic E-state index is 0. The van der Waals surface area contributed by atoms with Gasteiger partial charge in [0.15, 0.2) is 0 Å². The minimum Gasteiger partial charge on any atom is -0.208 e. The van der Waals surface area contributed by atoms with E-state index in [0.717, 1.165) is 23.1 Å². The van der Waals surface area contributed by atoms with E-state index < -0.39 is 0 Å². The molecule has 0 spiro atoms. The standard InChI is InChI=1S/C10H10N.Y/c1-3-10-8(2)5-4-6-9(10)7-11;/h5-6H,3H2,1-2H3;/q-1;. The summed E-state index contributed by atoms with van der Waals surface area (Å²) in [4.78, 5) is 0. The molecule has 12 heavy (non-hydrogen) atoms. The zero-order valence-corrected chi connectivity index (χ0v) is 10.2. The third-order valence-electron chi connectivity index (χ3n) is 1.80. The molecule has 0 atom stereocenters. The molecule has 1 radical (unpaired) electrons. The average molecular weight is 233 g/mol. The van der Waals surface area contributed by atoms with Crippen LogP contribution in [0.3, 0.4) is 0 Å². The Morgan fingerprint density at radius 2 is 2.17 bits per heavy atom. The Morgan fingerprint density at radius 1 is 1.50 bits per heavy atom.